The normalized spacial score (nSPS) is 18.3. The lowest BCUT2D eigenvalue weighted by Gasteiger charge is -2.16. The number of anilines is 1. The maximum atomic E-state index is 9.60. The first-order valence-corrected chi connectivity index (χ1v) is 6.53. The number of hydrogen-bond donors (Lipinski definition) is 1. The fraction of sp³-hybridized carbons (Fsp3) is 0.357. The van der Waals surface area contributed by atoms with Gasteiger partial charge in [-0.05, 0) is 18.6 Å². The Morgan fingerprint density at radius 2 is 2.20 bits per heavy atom. The molecule has 0 aliphatic carbocycles. The van der Waals surface area contributed by atoms with E-state index in [1.165, 1.54) is 0 Å². The number of aromatic nitrogens is 3. The van der Waals surface area contributed by atoms with Crippen LogP contribution in [0.3, 0.4) is 0 Å². The molecule has 1 fully saturated rings. The highest BCUT2D eigenvalue weighted by Crippen LogP contribution is 2.22. The van der Waals surface area contributed by atoms with E-state index in [0.717, 1.165) is 24.3 Å². The minimum Gasteiger partial charge on any atom is -0.481 e. The second kappa shape index (κ2) is 5.42. The molecule has 104 valence electrons. The van der Waals surface area contributed by atoms with Crippen molar-refractivity contribution in [3.63, 3.8) is 0 Å². The van der Waals surface area contributed by atoms with Crippen molar-refractivity contribution in [1.29, 1.82) is 0 Å². The molecular formula is C14H16N4O2. The maximum absolute atomic E-state index is 9.60. The van der Waals surface area contributed by atoms with Crippen LogP contribution >= 0.6 is 0 Å². The van der Waals surface area contributed by atoms with Gasteiger partial charge in [-0.15, -0.1) is 0 Å². The highest BCUT2D eigenvalue weighted by atomic mass is 16.5. The fourth-order valence-electron chi connectivity index (χ4n) is 2.25. The Morgan fingerprint density at radius 1 is 1.30 bits per heavy atom. The first-order valence-electron chi connectivity index (χ1n) is 6.53. The predicted molar refractivity (Wildman–Crippen MR) is 74.7 cm³/mol. The van der Waals surface area contributed by atoms with E-state index < -0.39 is 0 Å². The number of pyridine rings is 1. The summed E-state index contributed by atoms with van der Waals surface area (Å²) in [5, 5.41) is 9.60. The van der Waals surface area contributed by atoms with Crippen LogP contribution in [-0.2, 0) is 0 Å². The summed E-state index contributed by atoms with van der Waals surface area (Å²) in [6.45, 7) is 1.44. The van der Waals surface area contributed by atoms with E-state index >= 15 is 0 Å². The van der Waals surface area contributed by atoms with Crippen LogP contribution in [0.4, 0.5) is 5.82 Å². The highest BCUT2D eigenvalue weighted by Gasteiger charge is 2.21. The average molecular weight is 272 g/mol. The summed E-state index contributed by atoms with van der Waals surface area (Å²) in [6.07, 6.45) is 3.93. The molecule has 2 aromatic heterocycles. The van der Waals surface area contributed by atoms with Gasteiger partial charge in [-0.1, -0.05) is 0 Å². The van der Waals surface area contributed by atoms with E-state index in [2.05, 4.69) is 19.9 Å². The van der Waals surface area contributed by atoms with E-state index in [0.29, 0.717) is 18.2 Å². The second-order valence-corrected chi connectivity index (χ2v) is 4.72. The summed E-state index contributed by atoms with van der Waals surface area (Å²) in [4.78, 5) is 15.0. The Bertz CT molecular complexity index is 588. The third-order valence-electron chi connectivity index (χ3n) is 3.33. The molecule has 0 amide bonds. The number of ether oxygens (including phenoxy) is 1. The third kappa shape index (κ3) is 2.55. The Labute approximate surface area is 117 Å². The molecule has 3 heterocycles. The molecular weight excluding hydrogens is 256 g/mol. The average Bonchev–Trinajstić information content (AvgIpc) is 2.94. The zero-order valence-electron chi connectivity index (χ0n) is 11.2. The summed E-state index contributed by atoms with van der Waals surface area (Å²) in [5.74, 6) is 2.02. The van der Waals surface area contributed by atoms with Crippen LogP contribution in [-0.4, -0.2) is 46.4 Å². The van der Waals surface area contributed by atoms with Crippen LogP contribution in [0.15, 0.2) is 30.6 Å². The molecule has 0 spiro atoms. The molecule has 1 aliphatic rings. The molecule has 1 N–H and O–H groups in total. The molecule has 3 rings (SSSR count). The highest BCUT2D eigenvalue weighted by molar-refractivity contribution is 5.56. The lowest BCUT2D eigenvalue weighted by molar-refractivity contribution is 0.198. The van der Waals surface area contributed by atoms with Crippen molar-refractivity contribution in [2.24, 2.45) is 0 Å². The van der Waals surface area contributed by atoms with Crippen LogP contribution < -0.4 is 9.64 Å². The van der Waals surface area contributed by atoms with Crippen LogP contribution in [0.25, 0.3) is 11.4 Å². The van der Waals surface area contributed by atoms with Crippen molar-refractivity contribution < 1.29 is 9.84 Å². The maximum Gasteiger partial charge on any atom is 0.212 e. The van der Waals surface area contributed by atoms with Gasteiger partial charge in [0.05, 0.1) is 13.2 Å². The topological polar surface area (TPSA) is 71.4 Å². The van der Waals surface area contributed by atoms with E-state index in [4.69, 9.17) is 4.74 Å². The number of methoxy groups -OCH3 is 1. The van der Waals surface area contributed by atoms with E-state index in [-0.39, 0.29) is 6.10 Å². The van der Waals surface area contributed by atoms with Gasteiger partial charge >= 0.3 is 0 Å². The van der Waals surface area contributed by atoms with Crippen molar-refractivity contribution in [2.75, 3.05) is 25.1 Å². The number of aliphatic hydroxyl groups excluding tert-OH is 1. The van der Waals surface area contributed by atoms with E-state index in [1.54, 1.807) is 25.6 Å². The summed E-state index contributed by atoms with van der Waals surface area (Å²) < 4.78 is 5.03. The number of rotatable bonds is 3. The van der Waals surface area contributed by atoms with Crippen molar-refractivity contribution in [2.45, 2.75) is 12.5 Å². The Kier molecular flexibility index (Phi) is 3.47. The molecule has 0 unspecified atom stereocenters. The molecule has 0 aromatic carbocycles. The minimum atomic E-state index is -0.268. The zero-order valence-corrected chi connectivity index (χ0v) is 11.2. The number of nitrogens with zero attached hydrogens (tertiary/aromatic N) is 4. The molecule has 1 aliphatic heterocycles. The van der Waals surface area contributed by atoms with Crippen LogP contribution in [0.1, 0.15) is 6.42 Å². The SMILES string of the molecule is COc1ccc(-c2nccc(N3CC[C@H](O)C3)n2)cn1. The lowest BCUT2D eigenvalue weighted by atomic mass is 10.2. The van der Waals surface area contributed by atoms with Gasteiger partial charge < -0.3 is 14.7 Å². The van der Waals surface area contributed by atoms with Crippen LogP contribution in [0.2, 0.25) is 0 Å². The molecule has 2 aromatic rings. The van der Waals surface area contributed by atoms with E-state index in [1.807, 2.05) is 12.1 Å². The summed E-state index contributed by atoms with van der Waals surface area (Å²) in [6, 6.07) is 5.52. The van der Waals surface area contributed by atoms with Crippen molar-refractivity contribution in [3.8, 4) is 17.3 Å². The number of aliphatic hydroxyl groups is 1. The number of β-amino-alcohol motifs (C(OH)–C–C–N with tert-alkyl or cyclic N) is 1. The molecule has 1 atom stereocenters. The van der Waals surface area contributed by atoms with Crippen molar-refractivity contribution >= 4 is 5.82 Å². The first kappa shape index (κ1) is 12.8. The van der Waals surface area contributed by atoms with Gasteiger partial charge in [-0.3, -0.25) is 0 Å². The van der Waals surface area contributed by atoms with Gasteiger partial charge in [-0.2, -0.15) is 0 Å². The van der Waals surface area contributed by atoms with Gasteiger partial charge in [-0.25, -0.2) is 15.0 Å². The minimum absolute atomic E-state index is 0.268. The summed E-state index contributed by atoms with van der Waals surface area (Å²) >= 11 is 0. The molecule has 6 nitrogen and oxygen atoms in total. The third-order valence-corrected chi connectivity index (χ3v) is 3.33. The van der Waals surface area contributed by atoms with Gasteiger partial charge in [0, 0.05) is 37.1 Å². The predicted octanol–water partition coefficient (Wildman–Crippen LogP) is 1.12. The van der Waals surface area contributed by atoms with Crippen LogP contribution in [0.5, 0.6) is 5.88 Å². The molecule has 0 bridgehead atoms. The lowest BCUT2D eigenvalue weighted by Crippen LogP contribution is -2.22. The number of hydrogen-bond acceptors (Lipinski definition) is 6. The molecule has 6 heteroatoms. The van der Waals surface area contributed by atoms with E-state index in [9.17, 15) is 5.11 Å². The quantitative estimate of drug-likeness (QED) is 0.902. The molecule has 0 radical (unpaired) electrons. The van der Waals surface area contributed by atoms with Crippen molar-refractivity contribution in [1.82, 2.24) is 15.0 Å². The Morgan fingerprint density at radius 3 is 2.85 bits per heavy atom. The Balaban J connectivity index is 1.86. The smallest absolute Gasteiger partial charge is 0.212 e. The van der Waals surface area contributed by atoms with Gasteiger partial charge in [0.15, 0.2) is 5.82 Å². The largest absolute Gasteiger partial charge is 0.481 e. The van der Waals surface area contributed by atoms with Gasteiger partial charge in [0.2, 0.25) is 5.88 Å². The monoisotopic (exact) mass is 272 g/mol. The first-order chi connectivity index (χ1) is 9.76. The van der Waals surface area contributed by atoms with Gasteiger partial charge in [0.1, 0.15) is 5.82 Å². The molecule has 0 saturated carbocycles. The second-order valence-electron chi connectivity index (χ2n) is 4.72. The van der Waals surface area contributed by atoms with Crippen molar-refractivity contribution in [3.05, 3.63) is 30.6 Å². The van der Waals surface area contributed by atoms with Gasteiger partial charge in [0.25, 0.3) is 0 Å². The molecule has 20 heavy (non-hydrogen) atoms. The van der Waals surface area contributed by atoms with Crippen LogP contribution in [0, 0.1) is 0 Å². The zero-order chi connectivity index (χ0) is 13.9. The standard InChI is InChI=1S/C14H16N4O2/c1-20-13-3-2-10(8-16-13)14-15-6-4-12(17-14)18-7-5-11(19)9-18/h2-4,6,8,11,19H,5,7,9H2,1H3/t11-/m0/s1. The fourth-order valence-corrected chi connectivity index (χ4v) is 2.25. The molecule has 1 saturated heterocycles. The summed E-state index contributed by atoms with van der Waals surface area (Å²) in [5.41, 5.74) is 0.840. The Hall–Kier alpha value is -2.21. The summed E-state index contributed by atoms with van der Waals surface area (Å²) in [7, 11) is 1.58.